The quantitative estimate of drug-likeness (QED) is 0.133. The topological polar surface area (TPSA) is 238 Å². The van der Waals surface area contributed by atoms with E-state index < -0.39 is 23.9 Å². The summed E-state index contributed by atoms with van der Waals surface area (Å²) in [6, 6.07) is 8.00. The van der Waals surface area contributed by atoms with Crippen LogP contribution in [0.25, 0.3) is 11.2 Å². The van der Waals surface area contributed by atoms with Gasteiger partial charge in [0.05, 0.1) is 13.2 Å². The van der Waals surface area contributed by atoms with E-state index in [2.05, 4.69) is 25.1 Å². The molecule has 0 spiro atoms. The molecule has 1 fully saturated rings. The first-order valence-corrected chi connectivity index (χ1v) is 13.6. The Kier molecular flexibility index (Phi) is 14.2. The number of carboxylic acid groups (broad SMARTS) is 4. The fourth-order valence-electron chi connectivity index (χ4n) is 4.18. The molecule has 4 heterocycles. The number of aliphatic carboxylic acids is 4. The van der Waals surface area contributed by atoms with Crippen LogP contribution in [0.2, 0.25) is 0 Å². The highest BCUT2D eigenvalue weighted by atomic mass is 16.5. The Balaban J connectivity index is 0.000000477. The number of carboxylic acids is 4. The summed E-state index contributed by atoms with van der Waals surface area (Å²) in [5, 5.41) is 36.2. The molecule has 0 saturated carbocycles. The summed E-state index contributed by atoms with van der Waals surface area (Å²) in [6.45, 7) is 7.58. The van der Waals surface area contributed by atoms with E-state index in [1.165, 1.54) is 0 Å². The lowest BCUT2D eigenvalue weighted by molar-refractivity contribution is -0.159. The van der Waals surface area contributed by atoms with Crippen LogP contribution in [-0.4, -0.2) is 120 Å². The molecule has 4 rings (SSSR count). The maximum Gasteiger partial charge on any atom is 0.414 e. The lowest BCUT2D eigenvalue weighted by Crippen LogP contribution is -2.43. The molecule has 17 heteroatoms. The molecule has 240 valence electrons. The van der Waals surface area contributed by atoms with E-state index in [0.717, 1.165) is 56.1 Å². The molecule has 3 aromatic rings. The van der Waals surface area contributed by atoms with E-state index in [9.17, 15) is 4.79 Å². The highest BCUT2D eigenvalue weighted by Crippen LogP contribution is 2.21. The van der Waals surface area contributed by atoms with Gasteiger partial charge < -0.3 is 45.3 Å². The Labute approximate surface area is 252 Å². The van der Waals surface area contributed by atoms with Crippen molar-refractivity contribution >= 4 is 46.9 Å². The van der Waals surface area contributed by atoms with Crippen LogP contribution in [0.3, 0.4) is 0 Å². The molecule has 0 bridgehead atoms. The van der Waals surface area contributed by atoms with E-state index in [1.807, 2.05) is 49.0 Å². The third-order valence-corrected chi connectivity index (χ3v) is 6.34. The number of hydrogen-bond acceptors (Lipinski definition) is 10. The second-order valence-corrected chi connectivity index (χ2v) is 9.37. The van der Waals surface area contributed by atoms with Crippen molar-refractivity contribution in [2.45, 2.75) is 32.4 Å². The minimum atomic E-state index is -1.82. The predicted octanol–water partition coefficient (Wildman–Crippen LogP) is 0.424. The summed E-state index contributed by atoms with van der Waals surface area (Å²) in [5.41, 5.74) is 2.48. The largest absolute Gasteiger partial charge is 0.473 e. The Hall–Kier alpha value is -5.03. The fraction of sp³-hybridized carbons (Fsp3) is 0.444. The maximum atomic E-state index is 12.2. The van der Waals surface area contributed by atoms with E-state index in [-0.39, 0.29) is 5.91 Å². The Morgan fingerprint density at radius 3 is 2.14 bits per heavy atom. The first-order valence-electron chi connectivity index (χ1n) is 13.6. The number of fused-ring (bicyclic) bond motifs is 1. The molecular weight excluding hydrogens is 582 g/mol. The molecule has 1 saturated heterocycles. The van der Waals surface area contributed by atoms with E-state index in [4.69, 9.17) is 49.3 Å². The standard InChI is InChI=1S/C23H33N7O2.2C2H2O4/c1-3-32-17-16-30-21-19(6-4-10-24-21)27-23(30)26-18-8-13-29(14-9-18)15-11-25-22(31)20-7-5-12-28(20)2;2*3-1(4)2(5)6/h4-7,10,12,18H,3,8-9,11,13-17H2,1-2H3,(H,25,31)(H,26,27);2*(H,3,4)(H,5,6). The molecule has 0 aromatic carbocycles. The van der Waals surface area contributed by atoms with E-state index >= 15 is 0 Å². The molecule has 1 aliphatic heterocycles. The third kappa shape index (κ3) is 11.3. The fourth-order valence-corrected chi connectivity index (χ4v) is 4.18. The van der Waals surface area contributed by atoms with Gasteiger partial charge in [-0.2, -0.15) is 0 Å². The molecule has 6 N–H and O–H groups in total. The number of hydrogen-bond donors (Lipinski definition) is 6. The molecule has 0 unspecified atom stereocenters. The van der Waals surface area contributed by atoms with E-state index in [0.29, 0.717) is 31.5 Å². The van der Waals surface area contributed by atoms with Crippen molar-refractivity contribution < 1.29 is 49.1 Å². The predicted molar refractivity (Wildman–Crippen MR) is 155 cm³/mol. The van der Waals surface area contributed by atoms with Gasteiger partial charge in [-0.1, -0.05) is 0 Å². The van der Waals surface area contributed by atoms with Crippen LogP contribution < -0.4 is 10.6 Å². The maximum absolute atomic E-state index is 12.2. The average molecular weight is 620 g/mol. The first-order chi connectivity index (χ1) is 20.9. The van der Waals surface area contributed by atoms with Crippen LogP contribution in [0.4, 0.5) is 5.95 Å². The molecular formula is C27H37N7O10. The summed E-state index contributed by atoms with van der Waals surface area (Å²) < 4.78 is 9.52. The van der Waals surface area contributed by atoms with Crippen LogP contribution in [0.15, 0.2) is 36.7 Å². The van der Waals surface area contributed by atoms with Crippen molar-refractivity contribution in [3.63, 3.8) is 0 Å². The zero-order valence-corrected chi connectivity index (χ0v) is 24.4. The van der Waals surface area contributed by atoms with Gasteiger partial charge >= 0.3 is 23.9 Å². The summed E-state index contributed by atoms with van der Waals surface area (Å²) in [6.07, 6.45) is 5.76. The van der Waals surface area contributed by atoms with Crippen molar-refractivity contribution in [1.29, 1.82) is 0 Å². The third-order valence-electron chi connectivity index (χ3n) is 6.34. The Morgan fingerprint density at radius 2 is 1.59 bits per heavy atom. The summed E-state index contributed by atoms with van der Waals surface area (Å²) >= 11 is 0. The smallest absolute Gasteiger partial charge is 0.414 e. The van der Waals surface area contributed by atoms with Gasteiger partial charge in [0, 0.05) is 58.3 Å². The molecule has 1 amide bonds. The van der Waals surface area contributed by atoms with Crippen molar-refractivity contribution in [2.75, 3.05) is 44.7 Å². The van der Waals surface area contributed by atoms with Gasteiger partial charge in [0.1, 0.15) is 11.2 Å². The number of rotatable bonds is 10. The number of aryl methyl sites for hydroxylation is 1. The lowest BCUT2D eigenvalue weighted by Gasteiger charge is -2.32. The van der Waals surface area contributed by atoms with Crippen LogP contribution in [0.1, 0.15) is 30.3 Å². The van der Waals surface area contributed by atoms with Crippen molar-refractivity contribution in [3.8, 4) is 0 Å². The minimum absolute atomic E-state index is 0.0198. The molecule has 44 heavy (non-hydrogen) atoms. The molecule has 3 aromatic heterocycles. The highest BCUT2D eigenvalue weighted by Gasteiger charge is 2.22. The van der Waals surface area contributed by atoms with Crippen molar-refractivity contribution in [3.05, 3.63) is 42.4 Å². The molecule has 17 nitrogen and oxygen atoms in total. The summed E-state index contributed by atoms with van der Waals surface area (Å²) in [4.78, 5) is 60.3. The number of aromatic nitrogens is 4. The van der Waals surface area contributed by atoms with Gasteiger partial charge in [0.15, 0.2) is 5.65 Å². The van der Waals surface area contributed by atoms with Crippen LogP contribution >= 0.6 is 0 Å². The number of piperidine rings is 1. The Bertz CT molecular complexity index is 1360. The minimum Gasteiger partial charge on any atom is -0.473 e. The number of anilines is 1. The van der Waals surface area contributed by atoms with Gasteiger partial charge in [-0.25, -0.2) is 29.1 Å². The zero-order valence-electron chi connectivity index (χ0n) is 24.4. The van der Waals surface area contributed by atoms with Crippen LogP contribution in [0, 0.1) is 0 Å². The zero-order chi connectivity index (χ0) is 32.6. The van der Waals surface area contributed by atoms with Gasteiger partial charge in [-0.15, -0.1) is 0 Å². The van der Waals surface area contributed by atoms with Crippen LogP contribution in [0.5, 0.6) is 0 Å². The average Bonchev–Trinajstić information content (AvgIpc) is 3.57. The molecule has 0 radical (unpaired) electrons. The van der Waals surface area contributed by atoms with E-state index in [1.54, 1.807) is 6.20 Å². The monoisotopic (exact) mass is 619 g/mol. The SMILES string of the molecule is CCOCCn1c(NC2CCN(CCNC(=O)c3cccn3C)CC2)nc2cccnc21.O=C(O)C(=O)O.O=C(O)C(=O)O. The number of carbonyl (C=O) groups excluding carboxylic acids is 1. The van der Waals surface area contributed by atoms with Crippen molar-refractivity contribution in [1.82, 2.24) is 29.3 Å². The van der Waals surface area contributed by atoms with Gasteiger partial charge in [-0.05, 0) is 44.0 Å². The van der Waals surface area contributed by atoms with Gasteiger partial charge in [0.2, 0.25) is 5.95 Å². The molecule has 0 atom stereocenters. The molecule has 0 aliphatic carbocycles. The second-order valence-electron chi connectivity index (χ2n) is 9.37. The molecule has 1 aliphatic rings. The van der Waals surface area contributed by atoms with Crippen molar-refractivity contribution in [2.24, 2.45) is 7.05 Å². The number of imidazole rings is 1. The van der Waals surface area contributed by atoms with Gasteiger partial charge in [0.25, 0.3) is 5.91 Å². The first kappa shape index (κ1) is 35.2. The second kappa shape index (κ2) is 17.8. The number of nitrogens with zero attached hydrogens (tertiary/aromatic N) is 5. The lowest BCUT2D eigenvalue weighted by atomic mass is 10.1. The Morgan fingerprint density at radius 1 is 0.955 bits per heavy atom. The highest BCUT2D eigenvalue weighted by molar-refractivity contribution is 6.27. The van der Waals surface area contributed by atoms with Gasteiger partial charge in [-0.3, -0.25) is 9.36 Å². The summed E-state index contributed by atoms with van der Waals surface area (Å²) in [7, 11) is 1.88. The summed E-state index contributed by atoms with van der Waals surface area (Å²) in [5.74, 6) is -6.45. The number of nitrogens with one attached hydrogen (secondary N) is 2. The number of ether oxygens (including phenoxy) is 1. The number of carbonyl (C=O) groups is 5. The van der Waals surface area contributed by atoms with Crippen LogP contribution in [-0.2, 0) is 37.5 Å². The number of pyridine rings is 1. The number of likely N-dealkylation sites (tertiary alicyclic amines) is 1. The number of amides is 1. The normalized spacial score (nSPS) is 13.1.